The highest BCUT2D eigenvalue weighted by Gasteiger charge is 2.22. The Bertz CT molecular complexity index is 1340. The van der Waals surface area contributed by atoms with Crippen molar-refractivity contribution < 1.29 is 4.39 Å². The fourth-order valence-corrected chi connectivity index (χ4v) is 6.18. The highest BCUT2D eigenvalue weighted by atomic mass is 19.1. The SMILES string of the molecule is CCCC1CCC(c2ccc(C=Cc3ccc(-c4ccc(CC(C)c5ccccc5)cc4)cc3)c(F)c2)CC1. The van der Waals surface area contributed by atoms with Crippen LogP contribution in [0.4, 0.5) is 4.39 Å². The van der Waals surface area contributed by atoms with E-state index in [4.69, 9.17) is 0 Å². The van der Waals surface area contributed by atoms with Gasteiger partial charge in [0.15, 0.2) is 0 Å². The molecular formula is C38H41F. The maximum absolute atomic E-state index is 14.9. The third-order valence-corrected chi connectivity index (χ3v) is 8.60. The van der Waals surface area contributed by atoms with Crippen LogP contribution in [-0.2, 0) is 6.42 Å². The van der Waals surface area contributed by atoms with Crippen LogP contribution in [0.25, 0.3) is 23.3 Å². The second-order valence-corrected chi connectivity index (χ2v) is 11.5. The summed E-state index contributed by atoms with van der Waals surface area (Å²) in [6, 6.07) is 34.0. The zero-order valence-electron chi connectivity index (χ0n) is 23.5. The van der Waals surface area contributed by atoms with Crippen molar-refractivity contribution in [3.8, 4) is 11.1 Å². The fourth-order valence-electron chi connectivity index (χ4n) is 6.18. The number of hydrogen-bond acceptors (Lipinski definition) is 0. The first-order chi connectivity index (χ1) is 19.1. The molecule has 1 aliphatic rings. The quantitative estimate of drug-likeness (QED) is 0.194. The second-order valence-electron chi connectivity index (χ2n) is 11.5. The zero-order chi connectivity index (χ0) is 27.0. The molecular weight excluding hydrogens is 475 g/mol. The van der Waals surface area contributed by atoms with Gasteiger partial charge in [0.1, 0.15) is 5.82 Å². The standard InChI is InChI=1S/C38H41F/c1-3-7-29-10-19-35(20-11-29)37-25-24-36(38(39)27-37)23-14-30-12-17-33(18-13-30)34-21-15-31(16-22-34)26-28(2)32-8-5-4-6-9-32/h4-6,8-9,12-18,21-25,27-29,35H,3,7,10-11,19-20,26H2,1-2H3. The summed E-state index contributed by atoms with van der Waals surface area (Å²) in [6.07, 6.45) is 12.5. The van der Waals surface area contributed by atoms with Crippen molar-refractivity contribution in [2.75, 3.05) is 0 Å². The molecule has 1 saturated carbocycles. The fraction of sp³-hybridized carbons (Fsp3) is 0.316. The molecule has 0 saturated heterocycles. The van der Waals surface area contributed by atoms with E-state index in [-0.39, 0.29) is 5.82 Å². The van der Waals surface area contributed by atoms with Crippen LogP contribution in [0.15, 0.2) is 97.1 Å². The van der Waals surface area contributed by atoms with E-state index in [1.807, 2.05) is 18.2 Å². The second kappa shape index (κ2) is 13.1. The van der Waals surface area contributed by atoms with Gasteiger partial charge in [-0.25, -0.2) is 4.39 Å². The van der Waals surface area contributed by atoms with Gasteiger partial charge in [-0.2, -0.15) is 0 Å². The molecule has 4 aromatic carbocycles. The summed E-state index contributed by atoms with van der Waals surface area (Å²) in [4.78, 5) is 0. The van der Waals surface area contributed by atoms with Gasteiger partial charge in [0.25, 0.3) is 0 Å². The maximum Gasteiger partial charge on any atom is 0.130 e. The summed E-state index contributed by atoms with van der Waals surface area (Å²) in [6.45, 7) is 4.56. The van der Waals surface area contributed by atoms with Crippen LogP contribution < -0.4 is 0 Å². The van der Waals surface area contributed by atoms with Crippen molar-refractivity contribution in [1.29, 1.82) is 0 Å². The Morgan fingerprint density at radius 1 is 0.769 bits per heavy atom. The Hall–Kier alpha value is -3.45. The van der Waals surface area contributed by atoms with Crippen LogP contribution in [-0.4, -0.2) is 0 Å². The Labute approximate surface area is 234 Å². The molecule has 0 N–H and O–H groups in total. The molecule has 0 bridgehead atoms. The Kier molecular flexibility index (Phi) is 9.09. The van der Waals surface area contributed by atoms with Gasteiger partial charge in [-0.3, -0.25) is 0 Å². The van der Waals surface area contributed by atoms with Gasteiger partial charge in [0, 0.05) is 5.56 Å². The summed E-state index contributed by atoms with van der Waals surface area (Å²) in [5.74, 6) is 1.77. The topological polar surface area (TPSA) is 0 Å². The van der Waals surface area contributed by atoms with Gasteiger partial charge in [0.2, 0.25) is 0 Å². The monoisotopic (exact) mass is 516 g/mol. The van der Waals surface area contributed by atoms with Crippen molar-refractivity contribution in [1.82, 2.24) is 0 Å². The zero-order valence-corrected chi connectivity index (χ0v) is 23.5. The summed E-state index contributed by atoms with van der Waals surface area (Å²) >= 11 is 0. The number of hydrogen-bond donors (Lipinski definition) is 0. The van der Waals surface area contributed by atoms with E-state index in [2.05, 4.69) is 98.8 Å². The molecule has 1 fully saturated rings. The van der Waals surface area contributed by atoms with Gasteiger partial charge in [-0.15, -0.1) is 0 Å². The molecule has 0 aromatic heterocycles. The van der Waals surface area contributed by atoms with E-state index < -0.39 is 0 Å². The number of rotatable bonds is 9. The van der Waals surface area contributed by atoms with Crippen molar-refractivity contribution in [2.24, 2.45) is 5.92 Å². The average Bonchev–Trinajstić information content (AvgIpc) is 2.98. The summed E-state index contributed by atoms with van der Waals surface area (Å²) < 4.78 is 14.9. The first kappa shape index (κ1) is 27.1. The first-order valence-corrected chi connectivity index (χ1v) is 14.8. The molecule has 5 rings (SSSR count). The van der Waals surface area contributed by atoms with E-state index in [1.165, 1.54) is 66.3 Å². The number of benzene rings is 4. The third kappa shape index (κ3) is 7.15. The molecule has 1 heteroatoms. The first-order valence-electron chi connectivity index (χ1n) is 14.8. The lowest BCUT2D eigenvalue weighted by atomic mass is 9.77. The van der Waals surface area contributed by atoms with Crippen LogP contribution in [0, 0.1) is 11.7 Å². The lowest BCUT2D eigenvalue weighted by molar-refractivity contribution is 0.308. The van der Waals surface area contributed by atoms with Crippen LogP contribution >= 0.6 is 0 Å². The maximum atomic E-state index is 14.9. The van der Waals surface area contributed by atoms with Crippen molar-refractivity contribution in [3.05, 3.63) is 131 Å². The highest BCUT2D eigenvalue weighted by molar-refractivity contribution is 5.72. The van der Waals surface area contributed by atoms with E-state index in [0.717, 1.165) is 17.9 Å². The average molecular weight is 517 g/mol. The van der Waals surface area contributed by atoms with E-state index in [0.29, 0.717) is 17.4 Å². The lowest BCUT2D eigenvalue weighted by Crippen LogP contribution is -2.13. The molecule has 1 aliphatic carbocycles. The van der Waals surface area contributed by atoms with Gasteiger partial charge < -0.3 is 0 Å². The predicted molar refractivity (Wildman–Crippen MR) is 165 cm³/mol. The summed E-state index contributed by atoms with van der Waals surface area (Å²) in [7, 11) is 0. The molecule has 4 aromatic rings. The van der Waals surface area contributed by atoms with E-state index >= 15 is 0 Å². The van der Waals surface area contributed by atoms with Crippen LogP contribution in [0.1, 0.15) is 92.0 Å². The van der Waals surface area contributed by atoms with Gasteiger partial charge in [-0.05, 0) is 89.3 Å². The van der Waals surface area contributed by atoms with E-state index in [9.17, 15) is 4.39 Å². The van der Waals surface area contributed by atoms with Crippen molar-refractivity contribution in [3.63, 3.8) is 0 Å². The summed E-state index contributed by atoms with van der Waals surface area (Å²) in [5.41, 5.74) is 8.04. The smallest absolute Gasteiger partial charge is 0.130 e. The summed E-state index contributed by atoms with van der Waals surface area (Å²) in [5, 5.41) is 0. The van der Waals surface area contributed by atoms with Gasteiger partial charge in [0.05, 0.1) is 0 Å². The normalized spacial score (nSPS) is 18.3. The molecule has 0 aliphatic heterocycles. The van der Waals surface area contributed by atoms with Crippen LogP contribution in [0.2, 0.25) is 0 Å². The Balaban J connectivity index is 1.18. The van der Waals surface area contributed by atoms with Crippen molar-refractivity contribution in [2.45, 2.75) is 70.6 Å². The number of halogens is 1. The molecule has 0 heterocycles. The van der Waals surface area contributed by atoms with E-state index in [1.54, 1.807) is 6.07 Å². The minimum Gasteiger partial charge on any atom is -0.206 e. The molecule has 1 atom stereocenters. The Morgan fingerprint density at radius 2 is 1.44 bits per heavy atom. The largest absolute Gasteiger partial charge is 0.206 e. The minimum absolute atomic E-state index is 0.113. The Morgan fingerprint density at radius 3 is 2.08 bits per heavy atom. The van der Waals surface area contributed by atoms with Crippen molar-refractivity contribution >= 4 is 12.2 Å². The van der Waals surface area contributed by atoms with Crippen LogP contribution in [0.3, 0.4) is 0 Å². The molecule has 0 radical (unpaired) electrons. The predicted octanol–water partition coefficient (Wildman–Crippen LogP) is 11.1. The third-order valence-electron chi connectivity index (χ3n) is 8.60. The molecule has 0 spiro atoms. The molecule has 1 unspecified atom stereocenters. The molecule has 39 heavy (non-hydrogen) atoms. The van der Waals surface area contributed by atoms with Crippen LogP contribution in [0.5, 0.6) is 0 Å². The van der Waals surface area contributed by atoms with Gasteiger partial charge in [-0.1, -0.05) is 130 Å². The minimum atomic E-state index is -0.113. The molecule has 0 amide bonds. The lowest BCUT2D eigenvalue weighted by Gasteiger charge is -2.28. The van der Waals surface area contributed by atoms with Gasteiger partial charge >= 0.3 is 0 Å². The molecule has 0 nitrogen and oxygen atoms in total. The molecule has 200 valence electrons. The highest BCUT2D eigenvalue weighted by Crippen LogP contribution is 2.38.